The molecule has 6 nitrogen and oxygen atoms in total. The van der Waals surface area contributed by atoms with Crippen LogP contribution >= 0.6 is 34.8 Å². The average molecular weight is 582 g/mol. The molecular weight excluding hydrogens is 551 g/mol. The molecule has 0 aromatic heterocycles. The first-order chi connectivity index (χ1) is 16.4. The Balaban J connectivity index is 1.77. The molecule has 1 aliphatic rings. The summed E-state index contributed by atoms with van der Waals surface area (Å²) in [5.74, 6) is 0.350. The third-order valence-corrected chi connectivity index (χ3v) is 9.98. The quantitative estimate of drug-likeness (QED) is 0.356. The van der Waals surface area contributed by atoms with E-state index in [2.05, 4.69) is 4.90 Å². The number of anilines is 1. The first-order valence-electron chi connectivity index (χ1n) is 11.5. The van der Waals surface area contributed by atoms with Crippen LogP contribution < -0.4 is 4.31 Å². The maximum absolute atomic E-state index is 13.7. The van der Waals surface area contributed by atoms with E-state index in [4.69, 9.17) is 34.8 Å². The van der Waals surface area contributed by atoms with Crippen LogP contribution in [0.25, 0.3) is 0 Å². The lowest BCUT2D eigenvalue weighted by Gasteiger charge is -2.34. The predicted octanol–water partition coefficient (Wildman–Crippen LogP) is 5.77. The smallest absolute Gasteiger partial charge is 0.264 e. The molecule has 0 saturated carbocycles. The molecule has 0 bridgehead atoms. The Hall–Kier alpha value is -1.03. The first-order valence-corrected chi connectivity index (χ1v) is 16.2. The second-order valence-corrected chi connectivity index (χ2v) is 14.5. The number of hydrogen-bond donors (Lipinski definition) is 0. The van der Waals surface area contributed by atoms with E-state index in [1.807, 2.05) is 6.92 Å². The van der Waals surface area contributed by atoms with Crippen LogP contribution in [0.3, 0.4) is 0 Å². The number of rotatable bonds is 10. The zero-order valence-corrected chi connectivity index (χ0v) is 23.7. The molecule has 0 spiro atoms. The highest BCUT2D eigenvalue weighted by atomic mass is 35.5. The van der Waals surface area contributed by atoms with Crippen molar-refractivity contribution in [3.05, 3.63) is 57.5 Å². The summed E-state index contributed by atoms with van der Waals surface area (Å²) in [6.45, 7) is 4.28. The third kappa shape index (κ3) is 7.98. The molecule has 3 rings (SSSR count). The Bertz CT molecular complexity index is 1220. The van der Waals surface area contributed by atoms with E-state index >= 15 is 0 Å². The Morgan fingerprint density at radius 3 is 2.34 bits per heavy atom. The largest absolute Gasteiger partial charge is 0.303 e. The molecule has 0 N–H and O–H groups in total. The number of benzene rings is 2. The van der Waals surface area contributed by atoms with Crippen molar-refractivity contribution in [2.75, 3.05) is 35.9 Å². The van der Waals surface area contributed by atoms with Crippen LogP contribution in [-0.2, 0) is 19.9 Å². The summed E-state index contributed by atoms with van der Waals surface area (Å²) >= 11 is 18.6. The molecule has 1 aliphatic heterocycles. The number of hydrogen-bond acceptors (Lipinski definition) is 5. The van der Waals surface area contributed by atoms with Gasteiger partial charge in [0.15, 0.2) is 0 Å². The molecule has 2 aromatic carbocycles. The minimum absolute atomic E-state index is 0.115. The monoisotopic (exact) mass is 580 g/mol. The standard InChI is InChI=1S/C24H31Cl3N2O4S2/c1-18(5-3-13-28-14-4-6-19(16-28)17-34(2,30)31)29(24-15-21(26)9-12-23(24)27)35(32,33)22-10-7-20(25)8-11-22/h7-12,15,18-19H,3-6,13-14,16-17H2,1-2H3/t18-,19?/m1/s1. The maximum Gasteiger partial charge on any atom is 0.264 e. The van der Waals surface area contributed by atoms with Gasteiger partial charge in [-0.3, -0.25) is 4.31 Å². The lowest BCUT2D eigenvalue weighted by molar-refractivity contribution is 0.181. The number of piperidine rings is 1. The van der Waals surface area contributed by atoms with Gasteiger partial charge in [0.1, 0.15) is 9.84 Å². The second-order valence-electron chi connectivity index (χ2n) is 9.24. The normalized spacial score (nSPS) is 18.4. The zero-order valence-electron chi connectivity index (χ0n) is 19.8. The molecule has 1 saturated heterocycles. The molecule has 1 unspecified atom stereocenters. The zero-order chi connectivity index (χ0) is 25.8. The molecule has 0 radical (unpaired) electrons. The van der Waals surface area contributed by atoms with Crippen molar-refractivity contribution in [1.29, 1.82) is 0 Å². The Labute approximate surface area is 224 Å². The minimum Gasteiger partial charge on any atom is -0.303 e. The van der Waals surface area contributed by atoms with Crippen LogP contribution in [0, 0.1) is 5.92 Å². The van der Waals surface area contributed by atoms with Gasteiger partial charge in [0, 0.05) is 28.9 Å². The average Bonchev–Trinajstić information content (AvgIpc) is 2.75. The van der Waals surface area contributed by atoms with Crippen LogP contribution in [0.1, 0.15) is 32.6 Å². The SMILES string of the molecule is C[C@H](CCCN1CCCC(CS(C)(=O)=O)C1)N(c1cc(Cl)ccc1Cl)S(=O)(=O)c1ccc(Cl)cc1. The predicted molar refractivity (Wildman–Crippen MR) is 145 cm³/mol. The number of halogens is 3. The number of likely N-dealkylation sites (tertiary alicyclic amines) is 1. The minimum atomic E-state index is -3.94. The van der Waals surface area contributed by atoms with Crippen molar-refractivity contribution in [2.45, 2.75) is 43.5 Å². The van der Waals surface area contributed by atoms with Gasteiger partial charge in [0.25, 0.3) is 10.0 Å². The van der Waals surface area contributed by atoms with E-state index in [-0.39, 0.29) is 16.6 Å². The fourth-order valence-electron chi connectivity index (χ4n) is 4.62. The third-order valence-electron chi connectivity index (χ3n) is 6.15. The summed E-state index contributed by atoms with van der Waals surface area (Å²) in [7, 11) is -6.95. The van der Waals surface area contributed by atoms with Gasteiger partial charge in [-0.15, -0.1) is 0 Å². The van der Waals surface area contributed by atoms with Gasteiger partial charge in [-0.05, 0) is 94.1 Å². The molecular formula is C24H31Cl3N2O4S2. The second kappa shape index (κ2) is 12.0. The fourth-order valence-corrected chi connectivity index (χ4v) is 8.00. The van der Waals surface area contributed by atoms with Gasteiger partial charge in [-0.2, -0.15) is 0 Å². The first kappa shape index (κ1) is 28.5. The highest BCUT2D eigenvalue weighted by Crippen LogP contribution is 2.35. The van der Waals surface area contributed by atoms with Crippen molar-refractivity contribution in [3.63, 3.8) is 0 Å². The van der Waals surface area contributed by atoms with Gasteiger partial charge < -0.3 is 4.90 Å². The summed E-state index contributed by atoms with van der Waals surface area (Å²) in [5.41, 5.74) is 0.327. The van der Waals surface area contributed by atoms with Gasteiger partial charge in [-0.25, -0.2) is 16.8 Å². The van der Waals surface area contributed by atoms with Gasteiger partial charge in [0.05, 0.1) is 21.4 Å². The number of sulfonamides is 1. The van der Waals surface area contributed by atoms with Crippen LogP contribution in [0.15, 0.2) is 47.4 Å². The van der Waals surface area contributed by atoms with Crippen LogP contribution in [0.4, 0.5) is 5.69 Å². The van der Waals surface area contributed by atoms with Crippen molar-refractivity contribution >= 4 is 60.4 Å². The van der Waals surface area contributed by atoms with Crippen LogP contribution in [-0.4, -0.2) is 59.4 Å². The van der Waals surface area contributed by atoms with E-state index in [9.17, 15) is 16.8 Å². The molecule has 0 amide bonds. The Morgan fingerprint density at radius 1 is 1.03 bits per heavy atom. The summed E-state index contributed by atoms with van der Waals surface area (Å²) in [6.07, 6.45) is 4.50. The molecule has 194 valence electrons. The van der Waals surface area contributed by atoms with Gasteiger partial charge in [-0.1, -0.05) is 34.8 Å². The Kier molecular flexibility index (Phi) is 9.79. The lowest BCUT2D eigenvalue weighted by Crippen LogP contribution is -2.41. The van der Waals surface area contributed by atoms with E-state index in [1.54, 1.807) is 30.3 Å². The van der Waals surface area contributed by atoms with Crippen LogP contribution in [0.5, 0.6) is 0 Å². The molecule has 35 heavy (non-hydrogen) atoms. The highest BCUT2D eigenvalue weighted by Gasteiger charge is 2.31. The molecule has 1 fully saturated rings. The molecule has 1 heterocycles. The van der Waals surface area contributed by atoms with Crippen molar-refractivity contribution in [1.82, 2.24) is 4.90 Å². The molecule has 11 heteroatoms. The van der Waals surface area contributed by atoms with Crippen molar-refractivity contribution in [2.24, 2.45) is 5.92 Å². The summed E-state index contributed by atoms with van der Waals surface area (Å²) in [6, 6.07) is 10.4. The summed E-state index contributed by atoms with van der Waals surface area (Å²) in [5, 5.41) is 1.12. The van der Waals surface area contributed by atoms with E-state index in [0.717, 1.165) is 38.9 Å². The van der Waals surface area contributed by atoms with Crippen molar-refractivity contribution in [3.8, 4) is 0 Å². The van der Waals surface area contributed by atoms with Crippen molar-refractivity contribution < 1.29 is 16.8 Å². The summed E-state index contributed by atoms with van der Waals surface area (Å²) in [4.78, 5) is 2.39. The summed E-state index contributed by atoms with van der Waals surface area (Å²) < 4.78 is 52.1. The Morgan fingerprint density at radius 2 is 1.69 bits per heavy atom. The van der Waals surface area contributed by atoms with Gasteiger partial charge >= 0.3 is 0 Å². The van der Waals surface area contributed by atoms with E-state index in [0.29, 0.717) is 27.2 Å². The maximum atomic E-state index is 13.7. The molecule has 0 aliphatic carbocycles. The number of nitrogens with zero attached hydrogens (tertiary/aromatic N) is 2. The topological polar surface area (TPSA) is 74.8 Å². The highest BCUT2D eigenvalue weighted by molar-refractivity contribution is 7.93. The van der Waals surface area contributed by atoms with E-state index in [1.165, 1.54) is 22.7 Å². The lowest BCUT2D eigenvalue weighted by atomic mass is 9.99. The number of sulfone groups is 1. The molecule has 2 atom stereocenters. The van der Waals surface area contributed by atoms with E-state index < -0.39 is 25.9 Å². The molecule has 2 aromatic rings. The van der Waals surface area contributed by atoms with Gasteiger partial charge in [0.2, 0.25) is 0 Å². The fraction of sp³-hybridized carbons (Fsp3) is 0.500. The van der Waals surface area contributed by atoms with Crippen LogP contribution in [0.2, 0.25) is 15.1 Å².